The van der Waals surface area contributed by atoms with Gasteiger partial charge in [-0.25, -0.2) is 0 Å². The summed E-state index contributed by atoms with van der Waals surface area (Å²) in [6.45, 7) is 13.6. The van der Waals surface area contributed by atoms with Crippen LogP contribution in [0.2, 0.25) is 0 Å². The lowest BCUT2D eigenvalue weighted by atomic mass is 9.87. The molecule has 6 heteroatoms. The average molecular weight is 462 g/mol. The lowest BCUT2D eigenvalue weighted by Crippen LogP contribution is -2.12. The third kappa shape index (κ3) is 8.05. The van der Waals surface area contributed by atoms with E-state index in [2.05, 4.69) is 120 Å². The Labute approximate surface area is 192 Å². The van der Waals surface area contributed by atoms with Gasteiger partial charge < -0.3 is 17.3 Å². The van der Waals surface area contributed by atoms with Gasteiger partial charge in [0.25, 0.3) is 0 Å². The SMILES string of the molecule is CC(C)(C)c1ccc([S+](c2ccccc2)c2ccc(C(C)(C)C)cc2)cc1.F[B-](F)(F)F. The smallest absolute Gasteiger partial charge is 0.418 e. The normalized spacial score (nSPS) is 12.3. The van der Waals surface area contributed by atoms with Crippen LogP contribution in [0.15, 0.2) is 93.5 Å². The molecule has 3 rings (SSSR count). The Morgan fingerprint density at radius 3 is 1.06 bits per heavy atom. The maximum atomic E-state index is 9.75. The van der Waals surface area contributed by atoms with Crippen LogP contribution in [-0.4, -0.2) is 7.25 Å². The molecule has 0 unspecified atom stereocenters. The van der Waals surface area contributed by atoms with Gasteiger partial charge in [0.1, 0.15) is 0 Å². The average Bonchev–Trinajstić information content (AvgIpc) is 2.67. The van der Waals surface area contributed by atoms with E-state index in [1.165, 1.54) is 25.8 Å². The van der Waals surface area contributed by atoms with Gasteiger partial charge in [-0.3, -0.25) is 0 Å². The van der Waals surface area contributed by atoms with Crippen molar-refractivity contribution < 1.29 is 17.3 Å². The van der Waals surface area contributed by atoms with Crippen molar-refractivity contribution in [3.8, 4) is 0 Å². The summed E-state index contributed by atoms with van der Waals surface area (Å²) >= 11 is 0. The molecule has 0 amide bonds. The molecule has 0 aromatic heterocycles. The first-order valence-corrected chi connectivity index (χ1v) is 11.8. The molecule has 32 heavy (non-hydrogen) atoms. The standard InChI is InChI=1S/C26H31S.BF4/c1-25(2,3)20-12-16-23(17-13-20)27(22-10-8-7-9-11-22)24-18-14-21(15-19-24)26(4,5)6;2-1(3,4)5/h7-19H,1-6H3;/q+1;-1. The molecule has 0 radical (unpaired) electrons. The second-order valence-corrected chi connectivity index (χ2v) is 11.7. The van der Waals surface area contributed by atoms with Crippen LogP contribution in [0.4, 0.5) is 17.3 Å². The highest BCUT2D eigenvalue weighted by Gasteiger charge is 2.29. The molecule has 3 aromatic rings. The fourth-order valence-electron chi connectivity index (χ4n) is 3.15. The van der Waals surface area contributed by atoms with Gasteiger partial charge >= 0.3 is 7.25 Å². The van der Waals surface area contributed by atoms with Crippen LogP contribution in [0.5, 0.6) is 0 Å². The van der Waals surface area contributed by atoms with Crippen LogP contribution in [0.3, 0.4) is 0 Å². The zero-order valence-electron chi connectivity index (χ0n) is 19.5. The molecular formula is C26H31BF4S. The maximum Gasteiger partial charge on any atom is 0.673 e. The molecule has 0 aliphatic carbocycles. The van der Waals surface area contributed by atoms with Gasteiger partial charge in [-0.05, 0) is 58.4 Å². The van der Waals surface area contributed by atoms with Crippen molar-refractivity contribution in [2.45, 2.75) is 67.1 Å². The molecule has 0 N–H and O–H groups in total. The summed E-state index contributed by atoms with van der Waals surface area (Å²) in [6, 6.07) is 29.3. The largest absolute Gasteiger partial charge is 0.673 e. The van der Waals surface area contributed by atoms with Crippen LogP contribution >= 0.6 is 0 Å². The zero-order chi connectivity index (χ0) is 24.2. The first-order chi connectivity index (χ1) is 14.7. The third-order valence-electron chi connectivity index (χ3n) is 4.89. The summed E-state index contributed by atoms with van der Waals surface area (Å²) in [7, 11) is -6.08. The number of benzene rings is 3. The molecule has 0 aliphatic rings. The Morgan fingerprint density at radius 1 is 0.500 bits per heavy atom. The summed E-state index contributed by atoms with van der Waals surface area (Å²) in [4.78, 5) is 4.11. The Balaban J connectivity index is 0.000000654. The number of rotatable bonds is 3. The van der Waals surface area contributed by atoms with E-state index in [9.17, 15) is 17.3 Å². The number of hydrogen-bond acceptors (Lipinski definition) is 0. The number of hydrogen-bond donors (Lipinski definition) is 0. The van der Waals surface area contributed by atoms with Crippen molar-refractivity contribution >= 4 is 18.1 Å². The van der Waals surface area contributed by atoms with Gasteiger partial charge in [0, 0.05) is 0 Å². The van der Waals surface area contributed by atoms with E-state index in [-0.39, 0.29) is 21.7 Å². The molecule has 0 nitrogen and oxygen atoms in total. The Kier molecular flexibility index (Phi) is 8.27. The van der Waals surface area contributed by atoms with Crippen LogP contribution in [0.1, 0.15) is 52.7 Å². The molecule has 0 bridgehead atoms. The first-order valence-electron chi connectivity index (χ1n) is 10.5. The van der Waals surface area contributed by atoms with Gasteiger partial charge in [0.15, 0.2) is 14.7 Å². The highest BCUT2D eigenvalue weighted by Crippen LogP contribution is 2.34. The minimum absolute atomic E-state index is 0.0847. The van der Waals surface area contributed by atoms with Crippen LogP contribution in [-0.2, 0) is 21.7 Å². The molecule has 0 saturated heterocycles. The molecule has 0 atom stereocenters. The van der Waals surface area contributed by atoms with Crippen molar-refractivity contribution in [3.63, 3.8) is 0 Å². The summed E-state index contributed by atoms with van der Waals surface area (Å²) < 4.78 is 39.0. The predicted molar refractivity (Wildman–Crippen MR) is 129 cm³/mol. The molecule has 0 spiro atoms. The minimum Gasteiger partial charge on any atom is -0.418 e. The van der Waals surface area contributed by atoms with E-state index in [1.807, 2.05) is 0 Å². The summed E-state index contributed by atoms with van der Waals surface area (Å²) in [5.41, 5.74) is 3.12. The molecule has 0 fully saturated rings. The zero-order valence-corrected chi connectivity index (χ0v) is 20.3. The predicted octanol–water partition coefficient (Wildman–Crippen LogP) is 8.68. The minimum atomic E-state index is -6.00. The highest BCUT2D eigenvalue weighted by atomic mass is 32.2. The van der Waals surface area contributed by atoms with E-state index in [4.69, 9.17) is 0 Å². The third-order valence-corrected chi connectivity index (χ3v) is 7.12. The first kappa shape index (κ1) is 26.1. The molecular weight excluding hydrogens is 431 g/mol. The van der Waals surface area contributed by atoms with E-state index >= 15 is 0 Å². The summed E-state index contributed by atoms with van der Waals surface area (Å²) in [5.74, 6) is 0. The Hall–Kier alpha value is -2.21. The van der Waals surface area contributed by atoms with Gasteiger partial charge in [-0.15, -0.1) is 0 Å². The molecule has 0 saturated carbocycles. The van der Waals surface area contributed by atoms with Crippen molar-refractivity contribution in [3.05, 3.63) is 90.0 Å². The second kappa shape index (κ2) is 10.2. The molecule has 3 aromatic carbocycles. The number of halogens is 4. The highest BCUT2D eigenvalue weighted by molar-refractivity contribution is 7.97. The Morgan fingerprint density at radius 2 is 0.781 bits per heavy atom. The lowest BCUT2D eigenvalue weighted by Gasteiger charge is -2.20. The van der Waals surface area contributed by atoms with E-state index in [1.54, 1.807) is 0 Å². The molecule has 172 valence electrons. The van der Waals surface area contributed by atoms with E-state index in [0.29, 0.717) is 0 Å². The summed E-state index contributed by atoms with van der Waals surface area (Å²) in [5, 5.41) is 0. The van der Waals surface area contributed by atoms with Crippen molar-refractivity contribution in [1.82, 2.24) is 0 Å². The van der Waals surface area contributed by atoms with E-state index < -0.39 is 7.25 Å². The van der Waals surface area contributed by atoms with Gasteiger partial charge in [0.05, 0.1) is 10.9 Å². The van der Waals surface area contributed by atoms with E-state index in [0.717, 1.165) is 0 Å². The fourth-order valence-corrected chi connectivity index (χ4v) is 5.21. The van der Waals surface area contributed by atoms with Crippen molar-refractivity contribution in [2.75, 3.05) is 0 Å². The molecule has 0 heterocycles. The summed E-state index contributed by atoms with van der Waals surface area (Å²) in [6.07, 6.45) is 0. The van der Waals surface area contributed by atoms with Gasteiger partial charge in [0.2, 0.25) is 0 Å². The quantitative estimate of drug-likeness (QED) is 0.208. The van der Waals surface area contributed by atoms with Gasteiger partial charge in [-0.1, -0.05) is 84.0 Å². The van der Waals surface area contributed by atoms with Gasteiger partial charge in [-0.2, -0.15) is 0 Å². The topological polar surface area (TPSA) is 0 Å². The monoisotopic (exact) mass is 462 g/mol. The fraction of sp³-hybridized carbons (Fsp3) is 0.308. The van der Waals surface area contributed by atoms with Crippen LogP contribution < -0.4 is 0 Å². The van der Waals surface area contributed by atoms with Crippen molar-refractivity contribution in [1.29, 1.82) is 0 Å². The second-order valence-electron chi connectivity index (χ2n) is 9.66. The Bertz CT molecular complexity index is 905. The van der Waals surface area contributed by atoms with Crippen LogP contribution in [0.25, 0.3) is 0 Å². The lowest BCUT2D eigenvalue weighted by molar-refractivity contribution is 0.368. The maximum absolute atomic E-state index is 9.75. The molecule has 0 aliphatic heterocycles. The van der Waals surface area contributed by atoms with Crippen LogP contribution in [0, 0.1) is 0 Å². The van der Waals surface area contributed by atoms with Crippen molar-refractivity contribution in [2.24, 2.45) is 0 Å².